The summed E-state index contributed by atoms with van der Waals surface area (Å²) in [6.07, 6.45) is 5.68. The number of hydrogen-bond acceptors (Lipinski definition) is 0. The van der Waals surface area contributed by atoms with Gasteiger partial charge in [-0.15, -0.1) is 0 Å². The van der Waals surface area contributed by atoms with Gasteiger partial charge in [0.1, 0.15) is 0 Å². The van der Waals surface area contributed by atoms with Crippen LogP contribution in [0.5, 0.6) is 0 Å². The van der Waals surface area contributed by atoms with Crippen LogP contribution in [-0.2, 0) is 0 Å². The van der Waals surface area contributed by atoms with Crippen molar-refractivity contribution in [3.8, 4) is 5.69 Å². The van der Waals surface area contributed by atoms with Gasteiger partial charge in [0, 0.05) is 27.7 Å². The molecule has 0 radical (unpaired) electrons. The quantitative estimate of drug-likeness (QED) is 0.523. The predicted octanol–water partition coefficient (Wildman–Crippen LogP) is 6.45. The molecule has 146 valence electrons. The van der Waals surface area contributed by atoms with Gasteiger partial charge < -0.3 is 4.57 Å². The number of aromatic nitrogens is 1. The van der Waals surface area contributed by atoms with E-state index in [9.17, 15) is 0 Å². The van der Waals surface area contributed by atoms with Crippen molar-refractivity contribution in [3.05, 3.63) is 41.7 Å². The minimum Gasteiger partial charge on any atom is -0.317 e. The zero-order valence-electron chi connectivity index (χ0n) is 17.9. The zero-order valence-corrected chi connectivity index (χ0v) is 19.7. The van der Waals surface area contributed by atoms with Crippen molar-refractivity contribution >= 4 is 26.5 Å². The largest absolute Gasteiger partial charge is 0.317 e. The van der Waals surface area contributed by atoms with Gasteiger partial charge in [-0.3, -0.25) is 0 Å². The van der Waals surface area contributed by atoms with Crippen LogP contribution < -0.4 is 10.6 Å². The molecule has 3 heteroatoms. The molecule has 3 heterocycles. The van der Waals surface area contributed by atoms with Crippen LogP contribution in [0.4, 0.5) is 0 Å². The number of hydrogen-bond donors (Lipinski definition) is 0. The van der Waals surface area contributed by atoms with E-state index in [0.717, 1.165) is 22.6 Å². The highest BCUT2D eigenvalue weighted by atomic mass is 31.1. The van der Waals surface area contributed by atoms with Gasteiger partial charge in [-0.2, -0.15) is 0 Å². The van der Waals surface area contributed by atoms with Crippen LogP contribution in [0, 0.1) is 13.8 Å². The summed E-state index contributed by atoms with van der Waals surface area (Å²) in [5, 5.41) is 3.63. The summed E-state index contributed by atoms with van der Waals surface area (Å²) in [6, 6.07) is 11.1. The first-order valence-electron chi connectivity index (χ1n) is 10.8. The van der Waals surface area contributed by atoms with Crippen LogP contribution in [0.3, 0.4) is 0 Å². The minimum absolute atomic E-state index is 0.0489. The fourth-order valence-electron chi connectivity index (χ4n) is 5.66. The van der Waals surface area contributed by atoms with Crippen molar-refractivity contribution < 1.29 is 0 Å². The van der Waals surface area contributed by atoms with Crippen LogP contribution in [0.15, 0.2) is 30.3 Å². The van der Waals surface area contributed by atoms with E-state index in [1.54, 1.807) is 11.4 Å². The third kappa shape index (κ3) is 3.24. The number of nitrogens with zero attached hydrogens (tertiary/aromatic N) is 1. The van der Waals surface area contributed by atoms with E-state index >= 15 is 0 Å². The van der Waals surface area contributed by atoms with Gasteiger partial charge in [0.2, 0.25) is 0 Å². The molecule has 2 aromatic rings. The molecule has 1 aromatic carbocycles. The summed E-state index contributed by atoms with van der Waals surface area (Å²) < 4.78 is 2.60. The van der Waals surface area contributed by atoms with Crippen LogP contribution >= 0.6 is 15.8 Å². The summed E-state index contributed by atoms with van der Waals surface area (Å²) >= 11 is 0. The van der Waals surface area contributed by atoms with Crippen molar-refractivity contribution in [2.45, 2.75) is 89.9 Å². The number of para-hydroxylation sites is 1. The molecule has 0 saturated carbocycles. The molecule has 0 spiro atoms. The van der Waals surface area contributed by atoms with Crippen LogP contribution in [0.1, 0.15) is 64.8 Å². The van der Waals surface area contributed by atoms with Gasteiger partial charge in [0.15, 0.2) is 0 Å². The van der Waals surface area contributed by atoms with Gasteiger partial charge in [-0.25, -0.2) is 0 Å². The standard InChI is InChI=1S/C24H35NP2/c1-16-12-13-17(2)26(16)23-20(5)25(22-10-8-7-9-11-22)21(6)24(23)27-18(3)14-15-19(27)4/h7-11,16-19H,12-15H2,1-6H3/t16-,17-,18-,19-/m1/s1. The topological polar surface area (TPSA) is 4.93 Å². The minimum atomic E-state index is -0.0489. The monoisotopic (exact) mass is 399 g/mol. The van der Waals surface area contributed by atoms with Crippen LogP contribution in [-0.4, -0.2) is 27.2 Å². The predicted molar refractivity (Wildman–Crippen MR) is 125 cm³/mol. The van der Waals surface area contributed by atoms with E-state index in [1.165, 1.54) is 31.4 Å². The fourth-order valence-corrected chi connectivity index (χ4v) is 13.3. The second-order valence-corrected chi connectivity index (χ2v) is 15.0. The van der Waals surface area contributed by atoms with Crippen LogP contribution in [0.2, 0.25) is 0 Å². The first-order chi connectivity index (χ1) is 12.9. The SMILES string of the molecule is Cc1c(P2[C@H](C)CC[C@H]2C)c(P2[C@H](C)CC[C@H]2C)c(C)n1-c1ccccc1. The summed E-state index contributed by atoms with van der Waals surface area (Å²) in [7, 11) is -0.0977. The molecule has 2 saturated heterocycles. The Morgan fingerprint density at radius 1 is 0.667 bits per heavy atom. The fraction of sp³-hybridized carbons (Fsp3) is 0.583. The maximum Gasteiger partial charge on any atom is 0.0455 e. The van der Waals surface area contributed by atoms with Crippen LogP contribution in [0.25, 0.3) is 5.69 Å². The van der Waals surface area contributed by atoms with Gasteiger partial charge in [-0.1, -0.05) is 61.7 Å². The van der Waals surface area contributed by atoms with Crippen molar-refractivity contribution in [1.82, 2.24) is 4.57 Å². The maximum absolute atomic E-state index is 2.60. The second kappa shape index (κ2) is 7.65. The van der Waals surface area contributed by atoms with E-state index in [-0.39, 0.29) is 15.8 Å². The lowest BCUT2D eigenvalue weighted by Crippen LogP contribution is -2.28. The highest BCUT2D eigenvalue weighted by molar-refractivity contribution is 7.73. The van der Waals surface area contributed by atoms with Gasteiger partial charge in [0.25, 0.3) is 0 Å². The Morgan fingerprint density at radius 2 is 1.04 bits per heavy atom. The Bertz CT molecular complexity index is 742. The Labute approximate surface area is 168 Å². The smallest absolute Gasteiger partial charge is 0.0455 e. The molecule has 0 N–H and O–H groups in total. The Balaban J connectivity index is 1.96. The number of benzene rings is 1. The molecular formula is C24H35NP2. The zero-order chi connectivity index (χ0) is 19.3. The Kier molecular flexibility index (Phi) is 5.57. The summed E-state index contributed by atoms with van der Waals surface area (Å²) in [5.74, 6) is 0. The summed E-state index contributed by atoms with van der Waals surface area (Å²) in [5.41, 5.74) is 7.96. The molecule has 2 fully saturated rings. The van der Waals surface area contributed by atoms with Gasteiger partial charge in [-0.05, 0) is 74.3 Å². The molecule has 0 amide bonds. The van der Waals surface area contributed by atoms with Crippen molar-refractivity contribution in [2.75, 3.05) is 0 Å². The third-order valence-corrected chi connectivity index (χ3v) is 14.2. The highest BCUT2D eigenvalue weighted by Gasteiger charge is 2.41. The lowest BCUT2D eigenvalue weighted by molar-refractivity contribution is 0.777. The Hall–Kier alpha value is -0.640. The highest BCUT2D eigenvalue weighted by Crippen LogP contribution is 2.60. The average Bonchev–Trinajstić information content (AvgIpc) is 3.23. The molecule has 0 bridgehead atoms. The number of rotatable bonds is 3. The van der Waals surface area contributed by atoms with E-state index < -0.39 is 0 Å². The van der Waals surface area contributed by atoms with Crippen molar-refractivity contribution in [1.29, 1.82) is 0 Å². The molecule has 1 nitrogen and oxygen atoms in total. The summed E-state index contributed by atoms with van der Waals surface area (Å²) in [6.45, 7) is 15.0. The van der Waals surface area contributed by atoms with Crippen molar-refractivity contribution in [3.63, 3.8) is 0 Å². The van der Waals surface area contributed by atoms with E-state index in [0.29, 0.717) is 0 Å². The van der Waals surface area contributed by atoms with E-state index in [1.807, 2.05) is 10.6 Å². The molecule has 4 atom stereocenters. The normalized spacial score (nSPS) is 29.7. The second-order valence-electron chi connectivity index (χ2n) is 8.90. The molecular weight excluding hydrogens is 364 g/mol. The maximum atomic E-state index is 2.60. The Morgan fingerprint density at radius 3 is 1.41 bits per heavy atom. The summed E-state index contributed by atoms with van der Waals surface area (Å²) in [4.78, 5) is 0. The first kappa shape index (κ1) is 19.7. The third-order valence-electron chi connectivity index (χ3n) is 7.02. The average molecular weight is 399 g/mol. The molecule has 0 aliphatic carbocycles. The molecule has 2 aliphatic rings. The molecule has 1 aromatic heterocycles. The van der Waals surface area contributed by atoms with Gasteiger partial charge >= 0.3 is 0 Å². The van der Waals surface area contributed by atoms with Crippen molar-refractivity contribution in [2.24, 2.45) is 0 Å². The lowest BCUT2D eigenvalue weighted by Gasteiger charge is -2.28. The molecule has 4 rings (SSSR count). The first-order valence-corrected chi connectivity index (χ1v) is 13.7. The molecule has 27 heavy (non-hydrogen) atoms. The molecule has 2 aliphatic heterocycles. The molecule has 0 unspecified atom stereocenters. The van der Waals surface area contributed by atoms with E-state index in [2.05, 4.69) is 76.4 Å². The lowest BCUT2D eigenvalue weighted by atomic mass is 10.2. The van der Waals surface area contributed by atoms with Gasteiger partial charge in [0.05, 0.1) is 0 Å². The van der Waals surface area contributed by atoms with E-state index in [4.69, 9.17) is 0 Å².